The van der Waals surface area contributed by atoms with Crippen LogP contribution in [0.25, 0.3) is 0 Å². The zero-order valence-corrected chi connectivity index (χ0v) is 23.2. The topological polar surface area (TPSA) is 52.6 Å². The first-order chi connectivity index (χ1) is 16.6. The van der Waals surface area contributed by atoms with Crippen LogP contribution in [0.4, 0.5) is 0 Å². The molecule has 0 rings (SSSR count). The van der Waals surface area contributed by atoms with E-state index in [0.29, 0.717) is 32.3 Å². The average molecular weight is 483 g/mol. The molecule has 1 unspecified atom stereocenters. The number of ether oxygens (including phenoxy) is 2. The molecule has 0 heterocycles. The van der Waals surface area contributed by atoms with Crippen molar-refractivity contribution < 1.29 is 19.1 Å². The minimum absolute atomic E-state index is 0.000530. The van der Waals surface area contributed by atoms with Crippen molar-refractivity contribution in [2.45, 2.75) is 175 Å². The van der Waals surface area contributed by atoms with Gasteiger partial charge in [0.25, 0.3) is 0 Å². The highest BCUT2D eigenvalue weighted by Crippen LogP contribution is 2.13. The molecule has 0 radical (unpaired) electrons. The number of unbranched alkanes of at least 4 members (excludes halogenated alkanes) is 17. The summed E-state index contributed by atoms with van der Waals surface area (Å²) >= 11 is 0. The fraction of sp³-hybridized carbons (Fsp3) is 0.933. The van der Waals surface area contributed by atoms with E-state index in [1.54, 1.807) is 0 Å². The second-order valence-electron chi connectivity index (χ2n) is 10.2. The molecule has 0 aliphatic carbocycles. The summed E-state index contributed by atoms with van der Waals surface area (Å²) in [4.78, 5) is 23.7. The quantitative estimate of drug-likeness (QED) is 0.0909. The molecule has 202 valence electrons. The third-order valence-corrected chi connectivity index (χ3v) is 6.57. The molecule has 4 heteroatoms. The van der Waals surface area contributed by atoms with Gasteiger partial charge in [-0.05, 0) is 39.0 Å². The largest absolute Gasteiger partial charge is 0.466 e. The molecule has 0 fully saturated rings. The maximum atomic E-state index is 11.9. The second kappa shape index (κ2) is 26.5. The van der Waals surface area contributed by atoms with Gasteiger partial charge in [0.2, 0.25) is 0 Å². The Morgan fingerprint density at radius 3 is 1.44 bits per heavy atom. The van der Waals surface area contributed by atoms with Gasteiger partial charge in [-0.25, -0.2) is 0 Å². The molecule has 0 saturated carbocycles. The summed E-state index contributed by atoms with van der Waals surface area (Å²) in [7, 11) is 0. The molecule has 0 aromatic rings. The lowest BCUT2D eigenvalue weighted by Crippen LogP contribution is -2.14. The van der Waals surface area contributed by atoms with Gasteiger partial charge in [0.05, 0.1) is 12.7 Å². The van der Waals surface area contributed by atoms with Gasteiger partial charge < -0.3 is 9.47 Å². The summed E-state index contributed by atoms with van der Waals surface area (Å²) in [5.74, 6) is -0.272. The van der Waals surface area contributed by atoms with Crippen molar-refractivity contribution in [1.82, 2.24) is 0 Å². The highest BCUT2D eigenvalue weighted by atomic mass is 16.5. The van der Waals surface area contributed by atoms with Crippen LogP contribution in [-0.4, -0.2) is 24.6 Å². The number of hydrogen-bond acceptors (Lipinski definition) is 4. The van der Waals surface area contributed by atoms with Crippen molar-refractivity contribution in [3.05, 3.63) is 0 Å². The molecular formula is C30H58O4. The molecule has 0 saturated heterocycles. The van der Waals surface area contributed by atoms with Crippen molar-refractivity contribution in [2.75, 3.05) is 6.61 Å². The minimum atomic E-state index is -0.140. The van der Waals surface area contributed by atoms with Crippen molar-refractivity contribution in [1.29, 1.82) is 0 Å². The normalized spacial score (nSPS) is 12.0. The molecule has 4 nitrogen and oxygen atoms in total. The molecule has 0 N–H and O–H groups in total. The van der Waals surface area contributed by atoms with Gasteiger partial charge in [-0.2, -0.15) is 0 Å². The predicted octanol–water partition coefficient (Wildman–Crippen LogP) is 9.47. The Labute approximate surface area is 212 Å². The average Bonchev–Trinajstić information content (AvgIpc) is 2.82. The molecule has 0 spiro atoms. The SMILES string of the molecule is CCCCCCCCCCCCCCCCOC(=O)CCCCC(=O)OC(C)CCCCCC. The lowest BCUT2D eigenvalue weighted by molar-refractivity contribution is -0.149. The van der Waals surface area contributed by atoms with E-state index in [0.717, 1.165) is 25.7 Å². The molecule has 0 aliphatic heterocycles. The lowest BCUT2D eigenvalue weighted by Gasteiger charge is -2.13. The Hall–Kier alpha value is -1.06. The zero-order chi connectivity index (χ0) is 25.1. The summed E-state index contributed by atoms with van der Waals surface area (Å²) < 4.78 is 10.8. The van der Waals surface area contributed by atoms with Crippen molar-refractivity contribution >= 4 is 11.9 Å². The standard InChI is InChI=1S/C30H58O4/c1-4-6-8-10-11-12-13-14-15-16-17-18-19-23-27-33-29(31)25-21-22-26-30(32)34-28(3)24-20-9-7-5-2/h28H,4-27H2,1-3H3. The van der Waals surface area contributed by atoms with E-state index in [2.05, 4.69) is 13.8 Å². The summed E-state index contributed by atoms with van der Waals surface area (Å²) in [6.45, 7) is 6.97. The molecule has 1 atom stereocenters. The number of esters is 2. The van der Waals surface area contributed by atoms with Gasteiger partial charge >= 0.3 is 11.9 Å². The molecule has 0 amide bonds. The Kier molecular flexibility index (Phi) is 25.7. The summed E-state index contributed by atoms with van der Waals surface area (Å²) in [6, 6.07) is 0. The van der Waals surface area contributed by atoms with Crippen LogP contribution in [0.15, 0.2) is 0 Å². The zero-order valence-electron chi connectivity index (χ0n) is 23.2. The first-order valence-electron chi connectivity index (χ1n) is 14.9. The van der Waals surface area contributed by atoms with Crippen LogP contribution in [0.1, 0.15) is 168 Å². The fourth-order valence-corrected chi connectivity index (χ4v) is 4.29. The third-order valence-electron chi connectivity index (χ3n) is 6.57. The van der Waals surface area contributed by atoms with Gasteiger partial charge in [0.1, 0.15) is 0 Å². The van der Waals surface area contributed by atoms with Crippen molar-refractivity contribution in [3.8, 4) is 0 Å². The number of carbonyl (C=O) groups excluding carboxylic acids is 2. The second-order valence-corrected chi connectivity index (χ2v) is 10.2. The number of hydrogen-bond donors (Lipinski definition) is 0. The van der Waals surface area contributed by atoms with E-state index < -0.39 is 0 Å². The first kappa shape index (κ1) is 32.9. The maximum Gasteiger partial charge on any atom is 0.306 e. The van der Waals surface area contributed by atoms with Crippen molar-refractivity contribution in [2.24, 2.45) is 0 Å². The summed E-state index contributed by atoms with van der Waals surface area (Å²) in [5, 5.41) is 0. The van der Waals surface area contributed by atoms with Crippen LogP contribution in [0.2, 0.25) is 0 Å². The fourth-order valence-electron chi connectivity index (χ4n) is 4.29. The number of rotatable bonds is 26. The van der Waals surface area contributed by atoms with E-state index >= 15 is 0 Å². The van der Waals surface area contributed by atoms with Crippen LogP contribution in [0.5, 0.6) is 0 Å². The summed E-state index contributed by atoms with van der Waals surface area (Å²) in [6.07, 6.45) is 26.5. The van der Waals surface area contributed by atoms with Crippen LogP contribution in [-0.2, 0) is 19.1 Å². The molecule has 34 heavy (non-hydrogen) atoms. The van der Waals surface area contributed by atoms with Crippen LogP contribution >= 0.6 is 0 Å². The Bertz CT molecular complexity index is 449. The molecule has 0 aromatic carbocycles. The van der Waals surface area contributed by atoms with Crippen LogP contribution in [0.3, 0.4) is 0 Å². The first-order valence-corrected chi connectivity index (χ1v) is 14.9. The van der Waals surface area contributed by atoms with E-state index in [4.69, 9.17) is 9.47 Å². The number of carbonyl (C=O) groups is 2. The minimum Gasteiger partial charge on any atom is -0.466 e. The Balaban J connectivity index is 3.34. The van der Waals surface area contributed by atoms with Crippen molar-refractivity contribution in [3.63, 3.8) is 0 Å². The highest BCUT2D eigenvalue weighted by molar-refractivity contribution is 5.70. The van der Waals surface area contributed by atoms with Gasteiger partial charge in [0, 0.05) is 12.8 Å². The monoisotopic (exact) mass is 482 g/mol. The maximum absolute atomic E-state index is 11.9. The van der Waals surface area contributed by atoms with E-state index in [1.165, 1.54) is 96.3 Å². The van der Waals surface area contributed by atoms with Gasteiger partial charge in [0.15, 0.2) is 0 Å². The Morgan fingerprint density at radius 2 is 0.941 bits per heavy atom. The van der Waals surface area contributed by atoms with E-state index in [9.17, 15) is 9.59 Å². The molecule has 0 bridgehead atoms. The van der Waals surface area contributed by atoms with E-state index in [-0.39, 0.29) is 18.0 Å². The van der Waals surface area contributed by atoms with Gasteiger partial charge in [-0.3, -0.25) is 9.59 Å². The van der Waals surface area contributed by atoms with Crippen LogP contribution in [0, 0.1) is 0 Å². The molecule has 0 aromatic heterocycles. The molecule has 0 aliphatic rings. The van der Waals surface area contributed by atoms with Gasteiger partial charge in [-0.1, -0.05) is 117 Å². The summed E-state index contributed by atoms with van der Waals surface area (Å²) in [5.41, 5.74) is 0. The van der Waals surface area contributed by atoms with Crippen LogP contribution < -0.4 is 0 Å². The van der Waals surface area contributed by atoms with E-state index in [1.807, 2.05) is 6.92 Å². The predicted molar refractivity (Wildman–Crippen MR) is 144 cm³/mol. The highest BCUT2D eigenvalue weighted by Gasteiger charge is 2.10. The third kappa shape index (κ3) is 25.6. The Morgan fingerprint density at radius 1 is 0.529 bits per heavy atom. The molecular weight excluding hydrogens is 424 g/mol. The smallest absolute Gasteiger partial charge is 0.306 e. The lowest BCUT2D eigenvalue weighted by atomic mass is 10.0. The van der Waals surface area contributed by atoms with Gasteiger partial charge in [-0.15, -0.1) is 0 Å².